The minimum absolute atomic E-state index is 0.135. The van der Waals surface area contributed by atoms with E-state index in [0.29, 0.717) is 17.9 Å². The fourth-order valence-electron chi connectivity index (χ4n) is 2.32. The molecule has 0 aliphatic carbocycles. The number of hydrogen-bond acceptors (Lipinski definition) is 3. The van der Waals surface area contributed by atoms with Gasteiger partial charge in [0.1, 0.15) is 0 Å². The third kappa shape index (κ3) is 3.01. The number of furan rings is 1. The molecule has 2 N–H and O–H groups in total. The van der Waals surface area contributed by atoms with Crippen molar-refractivity contribution in [2.75, 3.05) is 0 Å². The third-order valence-electron chi connectivity index (χ3n) is 3.40. The Morgan fingerprint density at radius 2 is 1.82 bits per heavy atom. The maximum Gasteiger partial charge on any atom is 0.242 e. The number of carbonyl (C=O) groups is 1. The van der Waals surface area contributed by atoms with Crippen LogP contribution >= 0.6 is 0 Å². The maximum atomic E-state index is 12.1. The van der Waals surface area contributed by atoms with E-state index in [1.807, 2.05) is 42.5 Å². The standard InChI is InChI=1S/C18H16N2O2/c1-13(17-10-5-11-22-17)19-20-18(21)12-15-8-4-7-14-6-2-3-9-16(14)15/h2-11,19H,1,12H2,(H,20,21). The molecule has 0 aliphatic rings. The maximum absolute atomic E-state index is 12.1. The summed E-state index contributed by atoms with van der Waals surface area (Å²) in [5.41, 5.74) is 6.90. The van der Waals surface area contributed by atoms with E-state index >= 15 is 0 Å². The van der Waals surface area contributed by atoms with Gasteiger partial charge in [-0.1, -0.05) is 49.0 Å². The molecule has 0 saturated carbocycles. The summed E-state index contributed by atoms with van der Waals surface area (Å²) in [5.74, 6) is 0.453. The van der Waals surface area contributed by atoms with Gasteiger partial charge < -0.3 is 4.42 Å². The highest BCUT2D eigenvalue weighted by molar-refractivity contribution is 5.90. The Morgan fingerprint density at radius 1 is 1.00 bits per heavy atom. The lowest BCUT2D eigenvalue weighted by molar-refractivity contribution is -0.121. The van der Waals surface area contributed by atoms with Gasteiger partial charge in [-0.2, -0.15) is 0 Å². The SMILES string of the molecule is C=C(NNC(=O)Cc1cccc2ccccc12)c1ccco1. The topological polar surface area (TPSA) is 54.3 Å². The van der Waals surface area contributed by atoms with Gasteiger partial charge in [0.2, 0.25) is 5.91 Å². The Balaban J connectivity index is 1.65. The van der Waals surface area contributed by atoms with Crippen molar-refractivity contribution in [2.24, 2.45) is 0 Å². The summed E-state index contributed by atoms with van der Waals surface area (Å²) < 4.78 is 5.19. The fraction of sp³-hybridized carbons (Fsp3) is 0.0556. The Labute approximate surface area is 128 Å². The quantitative estimate of drug-likeness (QED) is 0.710. The smallest absolute Gasteiger partial charge is 0.242 e. The summed E-state index contributed by atoms with van der Waals surface area (Å²) in [7, 11) is 0. The van der Waals surface area contributed by atoms with Crippen LogP contribution in [-0.4, -0.2) is 5.91 Å². The molecule has 110 valence electrons. The normalized spacial score (nSPS) is 10.4. The molecule has 1 heterocycles. The molecule has 0 saturated heterocycles. The van der Waals surface area contributed by atoms with Crippen LogP contribution in [0.2, 0.25) is 0 Å². The highest BCUT2D eigenvalue weighted by Gasteiger charge is 2.08. The number of amides is 1. The predicted molar refractivity (Wildman–Crippen MR) is 86.7 cm³/mol. The fourth-order valence-corrected chi connectivity index (χ4v) is 2.32. The predicted octanol–water partition coefficient (Wildman–Crippen LogP) is 3.27. The van der Waals surface area contributed by atoms with Gasteiger partial charge in [-0.15, -0.1) is 0 Å². The van der Waals surface area contributed by atoms with E-state index in [1.54, 1.807) is 18.4 Å². The van der Waals surface area contributed by atoms with Crippen molar-refractivity contribution in [3.63, 3.8) is 0 Å². The Bertz CT molecular complexity index is 802. The monoisotopic (exact) mass is 292 g/mol. The summed E-state index contributed by atoms with van der Waals surface area (Å²) in [6.45, 7) is 3.81. The molecule has 0 unspecified atom stereocenters. The Hall–Kier alpha value is -3.01. The average molecular weight is 292 g/mol. The second kappa shape index (κ2) is 6.18. The molecule has 3 aromatic rings. The van der Waals surface area contributed by atoms with Crippen molar-refractivity contribution in [3.05, 3.63) is 78.8 Å². The first-order valence-electron chi connectivity index (χ1n) is 6.98. The first-order valence-corrected chi connectivity index (χ1v) is 6.98. The van der Waals surface area contributed by atoms with Crippen LogP contribution < -0.4 is 10.9 Å². The molecule has 2 aromatic carbocycles. The van der Waals surface area contributed by atoms with Crippen LogP contribution in [0.5, 0.6) is 0 Å². The number of hydrogen-bond donors (Lipinski definition) is 2. The minimum Gasteiger partial charge on any atom is -0.463 e. The van der Waals surface area contributed by atoms with Crippen LogP contribution in [0.25, 0.3) is 16.5 Å². The molecule has 3 rings (SSSR count). The number of hydrazine groups is 1. The average Bonchev–Trinajstić information content (AvgIpc) is 3.07. The molecule has 4 nitrogen and oxygen atoms in total. The molecule has 0 atom stereocenters. The van der Waals surface area contributed by atoms with E-state index in [2.05, 4.69) is 17.4 Å². The van der Waals surface area contributed by atoms with Crippen LogP contribution in [0.3, 0.4) is 0 Å². The van der Waals surface area contributed by atoms with Crippen LogP contribution in [-0.2, 0) is 11.2 Å². The lowest BCUT2D eigenvalue weighted by Crippen LogP contribution is -2.36. The van der Waals surface area contributed by atoms with E-state index in [0.717, 1.165) is 16.3 Å². The van der Waals surface area contributed by atoms with Gasteiger partial charge in [0.15, 0.2) is 5.76 Å². The number of rotatable bonds is 5. The molecule has 0 spiro atoms. The summed E-state index contributed by atoms with van der Waals surface area (Å²) in [6, 6.07) is 17.5. The van der Waals surface area contributed by atoms with Gasteiger partial charge in [0.05, 0.1) is 18.4 Å². The molecule has 1 amide bonds. The van der Waals surface area contributed by atoms with Crippen molar-refractivity contribution in [3.8, 4) is 0 Å². The summed E-state index contributed by atoms with van der Waals surface area (Å²) in [5, 5.41) is 2.21. The Morgan fingerprint density at radius 3 is 2.64 bits per heavy atom. The van der Waals surface area contributed by atoms with Crippen molar-refractivity contribution < 1.29 is 9.21 Å². The van der Waals surface area contributed by atoms with Gasteiger partial charge in [0, 0.05) is 0 Å². The second-order valence-electron chi connectivity index (χ2n) is 4.94. The van der Waals surface area contributed by atoms with E-state index in [4.69, 9.17) is 4.42 Å². The van der Waals surface area contributed by atoms with Gasteiger partial charge in [-0.3, -0.25) is 15.6 Å². The molecule has 1 aromatic heterocycles. The highest BCUT2D eigenvalue weighted by Crippen LogP contribution is 2.18. The molecular formula is C18H16N2O2. The van der Waals surface area contributed by atoms with Crippen molar-refractivity contribution >= 4 is 22.4 Å². The molecule has 0 radical (unpaired) electrons. The van der Waals surface area contributed by atoms with E-state index in [-0.39, 0.29) is 5.91 Å². The van der Waals surface area contributed by atoms with Crippen LogP contribution in [0, 0.1) is 0 Å². The van der Waals surface area contributed by atoms with Crippen LogP contribution in [0.4, 0.5) is 0 Å². The van der Waals surface area contributed by atoms with E-state index in [9.17, 15) is 4.79 Å². The molecular weight excluding hydrogens is 276 g/mol. The lowest BCUT2D eigenvalue weighted by atomic mass is 10.0. The summed E-state index contributed by atoms with van der Waals surface area (Å²) in [4.78, 5) is 12.1. The van der Waals surface area contributed by atoms with Gasteiger partial charge in [-0.05, 0) is 28.5 Å². The zero-order valence-corrected chi connectivity index (χ0v) is 12.0. The first-order chi connectivity index (χ1) is 10.7. The largest absolute Gasteiger partial charge is 0.463 e. The summed E-state index contributed by atoms with van der Waals surface area (Å²) in [6.07, 6.45) is 1.85. The van der Waals surface area contributed by atoms with Crippen LogP contribution in [0.15, 0.2) is 71.9 Å². The molecule has 0 bridgehead atoms. The van der Waals surface area contributed by atoms with Crippen molar-refractivity contribution in [1.82, 2.24) is 10.9 Å². The van der Waals surface area contributed by atoms with Crippen molar-refractivity contribution in [1.29, 1.82) is 0 Å². The van der Waals surface area contributed by atoms with Gasteiger partial charge in [0.25, 0.3) is 0 Å². The summed E-state index contributed by atoms with van der Waals surface area (Å²) >= 11 is 0. The van der Waals surface area contributed by atoms with E-state index < -0.39 is 0 Å². The minimum atomic E-state index is -0.135. The number of benzene rings is 2. The number of fused-ring (bicyclic) bond motifs is 1. The molecule has 22 heavy (non-hydrogen) atoms. The first kappa shape index (κ1) is 13.9. The van der Waals surface area contributed by atoms with Crippen molar-refractivity contribution in [2.45, 2.75) is 6.42 Å². The van der Waals surface area contributed by atoms with Gasteiger partial charge in [-0.25, -0.2) is 0 Å². The third-order valence-corrected chi connectivity index (χ3v) is 3.40. The van der Waals surface area contributed by atoms with Gasteiger partial charge >= 0.3 is 0 Å². The zero-order chi connectivity index (χ0) is 15.4. The zero-order valence-electron chi connectivity index (χ0n) is 12.0. The number of carbonyl (C=O) groups excluding carboxylic acids is 1. The highest BCUT2D eigenvalue weighted by atomic mass is 16.3. The van der Waals surface area contributed by atoms with E-state index in [1.165, 1.54) is 0 Å². The Kier molecular flexibility index (Phi) is 3.92. The molecule has 0 fully saturated rings. The molecule has 0 aliphatic heterocycles. The number of nitrogens with one attached hydrogen (secondary N) is 2. The van der Waals surface area contributed by atoms with Crippen LogP contribution in [0.1, 0.15) is 11.3 Å². The second-order valence-corrected chi connectivity index (χ2v) is 4.94. The molecule has 4 heteroatoms. The lowest BCUT2D eigenvalue weighted by Gasteiger charge is -2.10.